The van der Waals surface area contributed by atoms with Crippen LogP contribution < -0.4 is 0 Å². The molecule has 0 aromatic heterocycles. The molecule has 0 rings (SSSR count). The highest BCUT2D eigenvalue weighted by molar-refractivity contribution is 8.42. The molecule has 0 heterocycles. The summed E-state index contributed by atoms with van der Waals surface area (Å²) in [6.45, 7) is 6.14. The van der Waals surface area contributed by atoms with Gasteiger partial charge < -0.3 is 15.3 Å². The maximum atomic E-state index is 11.3. The van der Waals surface area contributed by atoms with Gasteiger partial charge in [0.2, 0.25) is 0 Å². The van der Waals surface area contributed by atoms with E-state index in [4.69, 9.17) is 10.2 Å². The summed E-state index contributed by atoms with van der Waals surface area (Å²) in [6.07, 6.45) is 0. The zero-order valence-corrected chi connectivity index (χ0v) is 13.4. The van der Waals surface area contributed by atoms with E-state index in [2.05, 4.69) is 19.2 Å². The number of aliphatic carboxylic acids is 3. The highest BCUT2D eigenvalue weighted by Gasteiger charge is 2.29. The van der Waals surface area contributed by atoms with Crippen LogP contribution in [0, 0.1) is 0 Å². The number of hydrogen-bond acceptors (Lipinski definition) is 4. The van der Waals surface area contributed by atoms with Crippen molar-refractivity contribution in [1.82, 2.24) is 0 Å². The van der Waals surface area contributed by atoms with Crippen LogP contribution >= 0.6 is 22.7 Å². The third-order valence-electron chi connectivity index (χ3n) is 2.58. The molecule has 0 unspecified atom stereocenters. The number of thiol groups is 1. The molecule has 0 radical (unpaired) electrons. The lowest BCUT2D eigenvalue weighted by Gasteiger charge is -2.34. The zero-order chi connectivity index (χ0) is 16.8. The molecule has 0 aromatic carbocycles. The highest BCUT2D eigenvalue weighted by Crippen LogP contribution is 2.59. The van der Waals surface area contributed by atoms with Crippen molar-refractivity contribution in [1.29, 1.82) is 0 Å². The maximum Gasteiger partial charge on any atom is 0.340 e. The van der Waals surface area contributed by atoms with E-state index < -0.39 is 27.9 Å². The molecule has 8 heteroatoms. The van der Waals surface area contributed by atoms with Crippen molar-refractivity contribution in [3.8, 4) is 0 Å². The summed E-state index contributed by atoms with van der Waals surface area (Å²) >= 11 is 4.06. The third-order valence-corrected chi connectivity index (χ3v) is 6.62. The molecular formula is C13H18O6S2. The number of rotatable bonds is 8. The fraction of sp³-hybridized carbons (Fsp3) is 0.308. The lowest BCUT2D eigenvalue weighted by atomic mass is 10.4. The Kier molecular flexibility index (Phi) is 7.31. The van der Waals surface area contributed by atoms with Crippen molar-refractivity contribution >= 4 is 40.6 Å². The first-order chi connectivity index (χ1) is 9.57. The zero-order valence-electron chi connectivity index (χ0n) is 11.7. The van der Waals surface area contributed by atoms with Gasteiger partial charge in [-0.15, -0.1) is 0 Å². The van der Waals surface area contributed by atoms with Crippen molar-refractivity contribution in [2.24, 2.45) is 0 Å². The SMILES string of the molecule is C=C(C(=O)O)S(C=C(C)C(=O)O)(C=C(C)C(=O)O)CCS. The predicted molar refractivity (Wildman–Crippen MR) is 85.9 cm³/mol. The quantitative estimate of drug-likeness (QED) is 0.400. The summed E-state index contributed by atoms with van der Waals surface area (Å²) in [5.41, 5.74) is -0.132. The second-order valence-corrected chi connectivity index (χ2v) is 7.74. The van der Waals surface area contributed by atoms with E-state index in [1.807, 2.05) is 0 Å². The van der Waals surface area contributed by atoms with Crippen LogP contribution in [0.25, 0.3) is 0 Å². The van der Waals surface area contributed by atoms with Gasteiger partial charge in [-0.1, -0.05) is 6.58 Å². The van der Waals surface area contributed by atoms with E-state index in [0.717, 1.165) is 0 Å². The molecule has 0 spiro atoms. The molecule has 118 valence electrons. The molecule has 0 saturated carbocycles. The van der Waals surface area contributed by atoms with Gasteiger partial charge in [0.15, 0.2) is 0 Å². The largest absolute Gasteiger partial charge is 0.478 e. The molecule has 0 aromatic rings. The standard InChI is InChI=1S/C13H18O6S2/c1-8(11(14)15)6-21(5-4-20,10(3)13(18)19)7-9(2)12(16)17/h6-7,20H,3-5H2,1-2H3,(H,14,15)(H,16,17)(H,18,19). The number of hydrogen-bond donors (Lipinski definition) is 4. The fourth-order valence-corrected chi connectivity index (χ4v) is 5.29. The molecule has 0 aliphatic carbocycles. The van der Waals surface area contributed by atoms with E-state index in [1.165, 1.54) is 24.7 Å². The predicted octanol–water partition coefficient (Wildman–Crippen LogP) is 2.30. The van der Waals surface area contributed by atoms with Crippen molar-refractivity contribution < 1.29 is 29.7 Å². The van der Waals surface area contributed by atoms with E-state index in [9.17, 15) is 19.5 Å². The Morgan fingerprint density at radius 1 is 1.00 bits per heavy atom. The van der Waals surface area contributed by atoms with Crippen LogP contribution in [0.15, 0.2) is 33.4 Å². The van der Waals surface area contributed by atoms with Crippen molar-refractivity contribution in [2.45, 2.75) is 13.8 Å². The molecular weight excluding hydrogens is 316 g/mol. The fourth-order valence-electron chi connectivity index (χ4n) is 1.46. The van der Waals surface area contributed by atoms with E-state index >= 15 is 0 Å². The topological polar surface area (TPSA) is 112 Å². The minimum atomic E-state index is -2.47. The molecule has 0 aliphatic heterocycles. The minimum Gasteiger partial charge on any atom is -0.478 e. The van der Waals surface area contributed by atoms with Crippen LogP contribution in [0.3, 0.4) is 0 Å². The van der Waals surface area contributed by atoms with Gasteiger partial charge in [-0.2, -0.15) is 22.7 Å². The molecule has 0 aliphatic rings. The molecule has 0 amide bonds. The second-order valence-electron chi connectivity index (χ2n) is 4.22. The van der Waals surface area contributed by atoms with Crippen molar-refractivity contribution in [3.63, 3.8) is 0 Å². The lowest BCUT2D eigenvalue weighted by Crippen LogP contribution is -2.14. The number of carbonyl (C=O) groups is 3. The molecule has 0 fully saturated rings. The highest BCUT2D eigenvalue weighted by atomic mass is 32.3. The summed E-state index contributed by atoms with van der Waals surface area (Å²) in [5.74, 6) is -3.25. The molecule has 21 heavy (non-hydrogen) atoms. The Morgan fingerprint density at radius 2 is 1.38 bits per heavy atom. The summed E-state index contributed by atoms with van der Waals surface area (Å²) in [6, 6.07) is 0. The summed E-state index contributed by atoms with van der Waals surface area (Å²) in [4.78, 5) is 33.1. The summed E-state index contributed by atoms with van der Waals surface area (Å²) in [7, 11) is -2.47. The van der Waals surface area contributed by atoms with Crippen LogP contribution in [-0.4, -0.2) is 44.7 Å². The van der Waals surface area contributed by atoms with Gasteiger partial charge in [0.1, 0.15) is 0 Å². The van der Waals surface area contributed by atoms with E-state index in [0.29, 0.717) is 0 Å². The average molecular weight is 334 g/mol. The first-order valence-electron chi connectivity index (χ1n) is 5.74. The Bertz CT molecular complexity index is 503. The van der Waals surface area contributed by atoms with Gasteiger partial charge in [-0.25, -0.2) is 14.4 Å². The van der Waals surface area contributed by atoms with Crippen LogP contribution in [-0.2, 0) is 14.4 Å². The second kappa shape index (κ2) is 7.94. The molecule has 0 atom stereocenters. The first kappa shape index (κ1) is 19.3. The van der Waals surface area contributed by atoms with Gasteiger partial charge in [-0.05, 0) is 36.2 Å². The first-order valence-corrected chi connectivity index (χ1v) is 8.31. The van der Waals surface area contributed by atoms with Crippen molar-refractivity contribution in [2.75, 3.05) is 11.5 Å². The van der Waals surface area contributed by atoms with Gasteiger partial charge in [0.25, 0.3) is 0 Å². The normalized spacial score (nSPS) is 16.7. The Balaban J connectivity index is 6.26. The third kappa shape index (κ3) is 5.31. The van der Waals surface area contributed by atoms with E-state index in [1.54, 1.807) is 0 Å². The van der Waals surface area contributed by atoms with Crippen LogP contribution in [0.5, 0.6) is 0 Å². The van der Waals surface area contributed by atoms with Gasteiger partial charge in [0, 0.05) is 11.1 Å². The maximum absolute atomic E-state index is 11.3. The van der Waals surface area contributed by atoms with E-state index in [-0.39, 0.29) is 27.6 Å². The molecule has 0 bridgehead atoms. The average Bonchev–Trinajstić information content (AvgIpc) is 2.37. The van der Waals surface area contributed by atoms with Crippen molar-refractivity contribution in [3.05, 3.63) is 33.4 Å². The minimum absolute atomic E-state index is 0.0661. The Labute approximate surface area is 129 Å². The summed E-state index contributed by atoms with van der Waals surface area (Å²) < 4.78 is 0. The summed E-state index contributed by atoms with van der Waals surface area (Å²) in [5, 5.41) is 29.7. The Hall–Kier alpha value is -1.67. The Morgan fingerprint density at radius 3 is 1.62 bits per heavy atom. The van der Waals surface area contributed by atoms with Crippen LogP contribution in [0.2, 0.25) is 0 Å². The monoisotopic (exact) mass is 334 g/mol. The van der Waals surface area contributed by atoms with Gasteiger partial charge in [-0.3, -0.25) is 0 Å². The number of carboxylic acid groups (broad SMARTS) is 3. The van der Waals surface area contributed by atoms with Gasteiger partial charge in [0.05, 0.1) is 4.91 Å². The van der Waals surface area contributed by atoms with Crippen LogP contribution in [0.4, 0.5) is 0 Å². The lowest BCUT2D eigenvalue weighted by molar-refractivity contribution is -0.133. The smallest absolute Gasteiger partial charge is 0.340 e. The molecule has 0 saturated heterocycles. The van der Waals surface area contributed by atoms with Crippen LogP contribution in [0.1, 0.15) is 13.8 Å². The molecule has 6 nitrogen and oxygen atoms in total. The number of carboxylic acids is 3. The van der Waals surface area contributed by atoms with Gasteiger partial charge >= 0.3 is 17.9 Å². The molecule has 3 N–H and O–H groups in total.